The quantitative estimate of drug-likeness (QED) is 0.420. The largest absolute Gasteiger partial charge is 0.490 e. The van der Waals surface area contributed by atoms with E-state index in [1.54, 1.807) is 13.2 Å². The third-order valence-electron chi connectivity index (χ3n) is 9.56. The van der Waals surface area contributed by atoms with E-state index in [1.807, 2.05) is 18.2 Å². The predicted molar refractivity (Wildman–Crippen MR) is 169 cm³/mol. The monoisotopic (exact) mass is 625 g/mol. The number of benzene rings is 2. The van der Waals surface area contributed by atoms with Crippen LogP contribution < -0.4 is 14.4 Å². The van der Waals surface area contributed by atoms with Gasteiger partial charge in [0.05, 0.1) is 24.2 Å². The van der Waals surface area contributed by atoms with Crippen molar-refractivity contribution in [2.24, 2.45) is 16.2 Å². The molecule has 1 N–H and O–H groups in total. The Labute approximate surface area is 259 Å². The summed E-state index contributed by atoms with van der Waals surface area (Å²) in [5.41, 5.74) is 3.49. The average molecular weight is 626 g/mol. The normalized spacial score (nSPS) is 31.4. The molecule has 230 valence electrons. The van der Waals surface area contributed by atoms with Crippen LogP contribution in [0.3, 0.4) is 0 Å². The van der Waals surface area contributed by atoms with Gasteiger partial charge in [0.15, 0.2) is 0 Å². The van der Waals surface area contributed by atoms with E-state index in [4.69, 9.17) is 21.1 Å². The molecule has 5 atom stereocenters. The summed E-state index contributed by atoms with van der Waals surface area (Å²) in [6.45, 7) is 3.35. The number of hydrogen-bond acceptors (Lipinski definition) is 6. The molecule has 2 bridgehead atoms. The summed E-state index contributed by atoms with van der Waals surface area (Å²) in [7, 11) is -1.53. The van der Waals surface area contributed by atoms with Crippen molar-refractivity contribution in [1.82, 2.24) is 4.72 Å². The molecular formula is C33H40ClN3O5S. The van der Waals surface area contributed by atoms with E-state index in [2.05, 4.69) is 38.3 Å². The van der Waals surface area contributed by atoms with Crippen LogP contribution in [0.2, 0.25) is 5.02 Å². The van der Waals surface area contributed by atoms with Gasteiger partial charge in [0, 0.05) is 43.1 Å². The minimum Gasteiger partial charge on any atom is -0.490 e. The summed E-state index contributed by atoms with van der Waals surface area (Å²) in [5, 5.41) is 0.748. The lowest BCUT2D eigenvalue weighted by molar-refractivity contribution is -0.117. The molecule has 0 radical (unpaired) electrons. The molecule has 8 nitrogen and oxygen atoms in total. The molecule has 0 saturated heterocycles. The van der Waals surface area contributed by atoms with Crippen molar-refractivity contribution < 1.29 is 23.3 Å². The second-order valence-corrected chi connectivity index (χ2v) is 15.0. The standard InChI is InChI=1S/C33H40ClN3O5S/c1-22(38)35-43(40)16-5-3-4-8-30(41-2)27-12-9-25(27)19-37-20-33(15-6-7-23-17-26(34)11-13-28(23)33)21-42-31-14-10-24(18-29(31)37)32(39)36-43/h4,8,10-11,13-14,17-18,25,27,30H,3,5-7,9,12,15-16,19-21H2,1-2H3,(H,35,36,38,39,40)/b8-4-/t25-,27+,30-,33-,43?/m0/s1. The number of carbonyl (C=O) groups excluding carboxylic acids is 2. The number of hydrogen-bond donors (Lipinski definition) is 1. The number of halogens is 1. The first-order valence-corrected chi connectivity index (χ1v) is 17.3. The second-order valence-electron chi connectivity index (χ2n) is 12.5. The highest BCUT2D eigenvalue weighted by Gasteiger charge is 2.44. The van der Waals surface area contributed by atoms with Gasteiger partial charge in [-0.2, -0.15) is 0 Å². The molecule has 10 heteroatoms. The highest BCUT2D eigenvalue weighted by molar-refractivity contribution is 7.92. The molecule has 4 aliphatic rings. The molecule has 1 saturated carbocycles. The Kier molecular flexibility index (Phi) is 8.59. The lowest BCUT2D eigenvalue weighted by atomic mass is 9.68. The van der Waals surface area contributed by atoms with Crippen LogP contribution in [-0.2, 0) is 31.3 Å². The highest BCUT2D eigenvalue weighted by Crippen LogP contribution is 2.47. The lowest BCUT2D eigenvalue weighted by Crippen LogP contribution is -2.49. The Bertz CT molecular complexity index is 1570. The molecular weight excluding hydrogens is 586 g/mol. The fourth-order valence-corrected chi connectivity index (χ4v) is 9.15. The van der Waals surface area contributed by atoms with Crippen molar-refractivity contribution in [2.75, 3.05) is 37.5 Å². The van der Waals surface area contributed by atoms with Gasteiger partial charge in [0.25, 0.3) is 5.91 Å². The van der Waals surface area contributed by atoms with Gasteiger partial charge < -0.3 is 14.4 Å². The van der Waals surface area contributed by atoms with Gasteiger partial charge in [0.2, 0.25) is 5.91 Å². The topological polar surface area (TPSA) is 97.3 Å². The molecule has 0 aromatic heterocycles. The van der Waals surface area contributed by atoms with Crippen LogP contribution in [0.15, 0.2) is 52.9 Å². The van der Waals surface area contributed by atoms with E-state index in [9.17, 15) is 13.8 Å². The minimum absolute atomic E-state index is 0.0156. The fourth-order valence-electron chi connectivity index (χ4n) is 7.34. The van der Waals surface area contributed by atoms with Gasteiger partial charge in [-0.15, -0.1) is 4.36 Å². The zero-order valence-corrected chi connectivity index (χ0v) is 26.4. The number of methoxy groups -OCH3 is 1. The number of fused-ring (bicyclic) bond motifs is 4. The molecule has 1 unspecified atom stereocenters. The summed E-state index contributed by atoms with van der Waals surface area (Å²) in [6, 6.07) is 11.6. The van der Waals surface area contributed by atoms with Crippen LogP contribution in [-0.4, -0.2) is 54.7 Å². The van der Waals surface area contributed by atoms with Crippen LogP contribution in [0.4, 0.5) is 5.69 Å². The summed E-state index contributed by atoms with van der Waals surface area (Å²) in [4.78, 5) is 27.8. The van der Waals surface area contributed by atoms with E-state index < -0.39 is 21.7 Å². The first-order valence-electron chi connectivity index (χ1n) is 15.3. The van der Waals surface area contributed by atoms with Crippen LogP contribution >= 0.6 is 11.6 Å². The number of amides is 2. The summed E-state index contributed by atoms with van der Waals surface area (Å²) >= 11 is 6.41. The number of nitrogens with one attached hydrogen (secondary N) is 1. The number of carbonyl (C=O) groups is 2. The van der Waals surface area contributed by atoms with Gasteiger partial charge in [-0.05, 0) is 98.2 Å². The summed E-state index contributed by atoms with van der Waals surface area (Å²) < 4.78 is 32.7. The van der Waals surface area contributed by atoms with Crippen molar-refractivity contribution in [1.29, 1.82) is 0 Å². The average Bonchev–Trinajstić information content (AvgIpc) is 3.10. The third kappa shape index (κ3) is 6.22. The third-order valence-corrected chi connectivity index (χ3v) is 11.7. The minimum atomic E-state index is -3.29. The first kappa shape index (κ1) is 30.2. The number of nitrogens with zero attached hydrogens (tertiary/aromatic N) is 2. The van der Waals surface area contributed by atoms with E-state index in [0.29, 0.717) is 36.8 Å². The Morgan fingerprint density at radius 1 is 1.21 bits per heavy atom. The van der Waals surface area contributed by atoms with Crippen molar-refractivity contribution in [2.45, 2.75) is 63.4 Å². The van der Waals surface area contributed by atoms with Gasteiger partial charge in [-0.25, -0.2) is 4.21 Å². The SMILES string of the molecule is CO[C@H]1/C=C\CCCS(=O)(NC(C)=O)=NC(=O)c2ccc3c(c2)N(C[C@@H]2CC[C@H]21)C[C@@]1(CCCc2cc(Cl)ccc21)CO3. The number of aryl methyl sites for hydroxylation is 1. The number of ether oxygens (including phenoxy) is 2. The maximum atomic E-state index is 13.6. The molecule has 2 heterocycles. The Hall–Kier alpha value is -2.88. The Balaban J connectivity index is 1.45. The van der Waals surface area contributed by atoms with Gasteiger partial charge >= 0.3 is 0 Å². The zero-order valence-electron chi connectivity index (χ0n) is 24.9. The molecule has 2 aromatic carbocycles. The summed E-state index contributed by atoms with van der Waals surface area (Å²) in [6.07, 6.45) is 10.5. The van der Waals surface area contributed by atoms with Crippen LogP contribution in [0.5, 0.6) is 5.75 Å². The summed E-state index contributed by atoms with van der Waals surface area (Å²) in [5.74, 6) is 0.500. The van der Waals surface area contributed by atoms with E-state index in [0.717, 1.165) is 61.7 Å². The van der Waals surface area contributed by atoms with Crippen LogP contribution in [0.25, 0.3) is 0 Å². The zero-order chi connectivity index (χ0) is 30.2. The maximum Gasteiger partial charge on any atom is 0.286 e. The Morgan fingerprint density at radius 3 is 2.84 bits per heavy atom. The molecule has 2 aliphatic carbocycles. The molecule has 2 aliphatic heterocycles. The number of anilines is 1. The molecule has 43 heavy (non-hydrogen) atoms. The van der Waals surface area contributed by atoms with E-state index in [-0.39, 0.29) is 17.3 Å². The molecule has 6 rings (SSSR count). The smallest absolute Gasteiger partial charge is 0.286 e. The number of rotatable bonds is 2. The molecule has 1 fully saturated rings. The van der Waals surface area contributed by atoms with Gasteiger partial charge in [0.1, 0.15) is 15.7 Å². The second kappa shape index (κ2) is 12.3. The van der Waals surface area contributed by atoms with Crippen molar-refractivity contribution in [3.63, 3.8) is 0 Å². The predicted octanol–water partition coefficient (Wildman–Crippen LogP) is 5.86. The Morgan fingerprint density at radius 2 is 2.07 bits per heavy atom. The van der Waals surface area contributed by atoms with Crippen molar-refractivity contribution in [3.05, 3.63) is 70.3 Å². The highest BCUT2D eigenvalue weighted by atomic mass is 35.5. The first-order chi connectivity index (χ1) is 20.7. The van der Waals surface area contributed by atoms with E-state index >= 15 is 0 Å². The molecule has 2 amide bonds. The number of allylic oxidation sites excluding steroid dienone is 1. The van der Waals surface area contributed by atoms with E-state index in [1.165, 1.54) is 18.1 Å². The molecule has 1 spiro atoms. The molecule has 2 aromatic rings. The van der Waals surface area contributed by atoms with Crippen molar-refractivity contribution in [3.8, 4) is 5.75 Å². The van der Waals surface area contributed by atoms with Crippen molar-refractivity contribution >= 4 is 39.0 Å². The lowest BCUT2D eigenvalue weighted by Gasteiger charge is -2.46. The fraction of sp³-hybridized carbons (Fsp3) is 0.515. The van der Waals surface area contributed by atoms with Crippen LogP contribution in [0, 0.1) is 11.8 Å². The van der Waals surface area contributed by atoms with Gasteiger partial charge in [-0.3, -0.25) is 14.3 Å². The van der Waals surface area contributed by atoms with Gasteiger partial charge in [-0.1, -0.05) is 29.8 Å². The maximum absolute atomic E-state index is 13.6. The van der Waals surface area contributed by atoms with Crippen LogP contribution in [0.1, 0.15) is 66.9 Å².